The second-order valence-corrected chi connectivity index (χ2v) is 11.6. The predicted molar refractivity (Wildman–Crippen MR) is 157 cm³/mol. The molecular formula is C30H32F3N7O4. The van der Waals surface area contributed by atoms with E-state index < -0.39 is 23.0 Å². The summed E-state index contributed by atoms with van der Waals surface area (Å²) < 4.78 is 52.3. The predicted octanol–water partition coefficient (Wildman–Crippen LogP) is 5.12. The Kier molecular flexibility index (Phi) is 7.17. The van der Waals surface area contributed by atoms with Gasteiger partial charge in [-0.15, -0.1) is 0 Å². The van der Waals surface area contributed by atoms with Crippen LogP contribution >= 0.6 is 0 Å². The highest BCUT2D eigenvalue weighted by Gasteiger charge is 2.46. The van der Waals surface area contributed by atoms with Crippen molar-refractivity contribution < 1.29 is 32.2 Å². The zero-order valence-electron chi connectivity index (χ0n) is 24.6. The second kappa shape index (κ2) is 10.8. The number of hydrogen-bond donors (Lipinski definition) is 3. The number of benzene rings is 2. The number of nitrogens with zero attached hydrogens (tertiary/aromatic N) is 4. The van der Waals surface area contributed by atoms with Crippen LogP contribution in [0.3, 0.4) is 0 Å². The van der Waals surface area contributed by atoms with Crippen LogP contribution in [0.15, 0.2) is 42.6 Å². The number of methoxy groups -OCH3 is 2. The van der Waals surface area contributed by atoms with E-state index in [4.69, 9.17) is 9.47 Å². The Morgan fingerprint density at radius 3 is 2.64 bits per heavy atom. The summed E-state index contributed by atoms with van der Waals surface area (Å²) in [5.74, 6) is -0.185. The van der Waals surface area contributed by atoms with Gasteiger partial charge in [-0.3, -0.25) is 4.79 Å². The van der Waals surface area contributed by atoms with Gasteiger partial charge in [-0.1, -0.05) is 12.1 Å². The van der Waals surface area contributed by atoms with Gasteiger partial charge in [0, 0.05) is 49.3 Å². The van der Waals surface area contributed by atoms with Crippen molar-refractivity contribution in [2.45, 2.75) is 50.5 Å². The second-order valence-electron chi connectivity index (χ2n) is 11.6. The van der Waals surface area contributed by atoms with Gasteiger partial charge in [0.15, 0.2) is 0 Å². The van der Waals surface area contributed by atoms with Gasteiger partial charge in [0.05, 0.1) is 31.4 Å². The minimum absolute atomic E-state index is 0.00448. The van der Waals surface area contributed by atoms with Crippen LogP contribution in [-0.4, -0.2) is 66.3 Å². The highest BCUT2D eigenvalue weighted by Crippen LogP contribution is 2.41. The van der Waals surface area contributed by atoms with Crippen LogP contribution in [0, 0.1) is 0 Å². The third-order valence-electron chi connectivity index (χ3n) is 8.54. The van der Waals surface area contributed by atoms with E-state index in [1.165, 1.54) is 14.2 Å². The zero-order chi connectivity index (χ0) is 31.4. The molecule has 11 nitrogen and oxygen atoms in total. The fraction of sp³-hybridized carbons (Fsp3) is 0.400. The number of fused-ring (bicyclic) bond motifs is 3. The zero-order valence-corrected chi connectivity index (χ0v) is 24.6. The van der Waals surface area contributed by atoms with Gasteiger partial charge in [0.1, 0.15) is 17.1 Å². The third kappa shape index (κ3) is 5.07. The Labute approximate surface area is 251 Å². The van der Waals surface area contributed by atoms with E-state index in [0.717, 1.165) is 23.9 Å². The smallest absolute Gasteiger partial charge is 0.421 e. The molecule has 6 rings (SSSR count). The van der Waals surface area contributed by atoms with Gasteiger partial charge >= 0.3 is 12.3 Å². The molecular weight excluding hydrogens is 579 g/mol. The van der Waals surface area contributed by atoms with Crippen LogP contribution in [-0.2, 0) is 27.7 Å². The maximum atomic E-state index is 13.9. The van der Waals surface area contributed by atoms with Crippen molar-refractivity contribution in [1.29, 1.82) is 0 Å². The first-order valence-corrected chi connectivity index (χ1v) is 14.1. The van der Waals surface area contributed by atoms with Gasteiger partial charge in [0.25, 0.3) is 0 Å². The molecule has 3 aromatic rings. The maximum absolute atomic E-state index is 13.9. The van der Waals surface area contributed by atoms with E-state index in [9.17, 15) is 22.8 Å². The van der Waals surface area contributed by atoms with E-state index in [-0.39, 0.29) is 36.6 Å². The summed E-state index contributed by atoms with van der Waals surface area (Å²) in [6.45, 7) is 4.76. The molecule has 3 aliphatic rings. The number of alkyl halides is 3. The average molecular weight is 612 g/mol. The van der Waals surface area contributed by atoms with Crippen LogP contribution < -0.4 is 25.6 Å². The standard InChI is InChI=1S/C30H32F3N7O4/c1-29(2)24-16(6-5-7-22(24)36-26(29)41)12-34-25-20(30(31,32)33)13-35-27(38-25)37-21-9-8-17(11-23(21)43-3)39-14-19-10-18(39)15-40(19)28(42)44-4/h5-9,11,13,18-19H,10,12,14-15H2,1-4H3,(H,36,41)(H2,34,35,37,38). The normalized spacial score (nSPS) is 19.9. The van der Waals surface area contributed by atoms with Gasteiger partial charge < -0.3 is 35.2 Å². The summed E-state index contributed by atoms with van der Waals surface area (Å²) in [5.41, 5.74) is 1.55. The lowest BCUT2D eigenvalue weighted by atomic mass is 9.83. The molecule has 44 heavy (non-hydrogen) atoms. The molecule has 1 aromatic heterocycles. The largest absolute Gasteiger partial charge is 0.494 e. The summed E-state index contributed by atoms with van der Waals surface area (Å²) in [5, 5.41) is 8.64. The molecule has 0 radical (unpaired) electrons. The summed E-state index contributed by atoms with van der Waals surface area (Å²) in [6.07, 6.45) is -3.46. The van der Waals surface area contributed by atoms with E-state index in [2.05, 4.69) is 30.8 Å². The number of carbonyl (C=O) groups is 2. The van der Waals surface area contributed by atoms with Crippen molar-refractivity contribution in [2.24, 2.45) is 0 Å². The Morgan fingerprint density at radius 2 is 1.95 bits per heavy atom. The van der Waals surface area contributed by atoms with Crippen molar-refractivity contribution in [1.82, 2.24) is 14.9 Å². The molecule has 2 aromatic carbocycles. The van der Waals surface area contributed by atoms with Crippen LogP contribution in [0.4, 0.5) is 46.8 Å². The minimum Gasteiger partial charge on any atom is -0.494 e. The molecule has 232 valence electrons. The van der Waals surface area contributed by atoms with Crippen LogP contribution in [0.2, 0.25) is 0 Å². The van der Waals surface area contributed by atoms with Gasteiger partial charge in [-0.05, 0) is 49.6 Å². The van der Waals surface area contributed by atoms with Gasteiger partial charge in [0.2, 0.25) is 11.9 Å². The number of likely N-dealkylation sites (tertiary alicyclic amines) is 1. The minimum atomic E-state index is -4.70. The molecule has 2 amide bonds. The first kappa shape index (κ1) is 29.3. The molecule has 0 spiro atoms. The third-order valence-corrected chi connectivity index (χ3v) is 8.54. The molecule has 2 saturated heterocycles. The highest BCUT2D eigenvalue weighted by atomic mass is 19.4. The molecule has 3 N–H and O–H groups in total. The topological polar surface area (TPSA) is 121 Å². The highest BCUT2D eigenvalue weighted by molar-refractivity contribution is 6.06. The number of nitrogens with one attached hydrogen (secondary N) is 3. The molecule has 0 aliphatic carbocycles. The van der Waals surface area contributed by atoms with Crippen LogP contribution in [0.5, 0.6) is 5.75 Å². The molecule has 2 bridgehead atoms. The molecule has 0 saturated carbocycles. The summed E-state index contributed by atoms with van der Waals surface area (Å²) in [7, 11) is 2.87. The van der Waals surface area contributed by atoms with E-state index in [1.54, 1.807) is 43.0 Å². The van der Waals surface area contributed by atoms with Gasteiger partial charge in [-0.2, -0.15) is 18.2 Å². The molecule has 14 heteroatoms. The molecule has 2 unspecified atom stereocenters. The van der Waals surface area contributed by atoms with Crippen LogP contribution in [0.25, 0.3) is 0 Å². The number of aromatic nitrogens is 2. The number of piperazine rings is 1. The number of carbonyl (C=O) groups excluding carboxylic acids is 2. The molecule has 2 fully saturated rings. The lowest BCUT2D eigenvalue weighted by Gasteiger charge is -2.35. The monoisotopic (exact) mass is 611 g/mol. The first-order chi connectivity index (χ1) is 20.9. The summed E-state index contributed by atoms with van der Waals surface area (Å²) >= 11 is 0. The average Bonchev–Trinajstić information content (AvgIpc) is 3.67. The quantitative estimate of drug-likeness (QED) is 0.334. The van der Waals surface area contributed by atoms with Crippen molar-refractivity contribution in [3.05, 3.63) is 59.3 Å². The number of halogens is 3. The molecule has 2 atom stereocenters. The number of hydrogen-bond acceptors (Lipinski definition) is 9. The van der Waals surface area contributed by atoms with E-state index in [1.807, 2.05) is 12.1 Å². The van der Waals surface area contributed by atoms with Gasteiger partial charge in [-0.25, -0.2) is 9.78 Å². The maximum Gasteiger partial charge on any atom is 0.421 e. The van der Waals surface area contributed by atoms with Crippen LogP contribution in [0.1, 0.15) is 37.0 Å². The number of ether oxygens (including phenoxy) is 2. The fourth-order valence-electron chi connectivity index (χ4n) is 6.35. The first-order valence-electron chi connectivity index (χ1n) is 14.1. The lowest BCUT2D eigenvalue weighted by Crippen LogP contribution is -2.48. The summed E-state index contributed by atoms with van der Waals surface area (Å²) in [6, 6.07) is 10.9. The Balaban J connectivity index is 1.22. The molecule has 4 heterocycles. The molecule has 3 aliphatic heterocycles. The van der Waals surface area contributed by atoms with E-state index in [0.29, 0.717) is 35.8 Å². The SMILES string of the molecule is COC(=O)N1CC2CC1CN2c1ccc(Nc2ncc(C(F)(F)F)c(NCc3cccc4c3C(C)(C)C(=O)N4)n2)c(OC)c1. The Hall–Kier alpha value is -4.75. The van der Waals surface area contributed by atoms with Crippen molar-refractivity contribution in [3.8, 4) is 5.75 Å². The number of rotatable bonds is 7. The number of amides is 2. The number of anilines is 5. The summed E-state index contributed by atoms with van der Waals surface area (Å²) in [4.78, 5) is 36.6. The lowest BCUT2D eigenvalue weighted by molar-refractivity contribution is -0.137. The van der Waals surface area contributed by atoms with Crippen molar-refractivity contribution in [3.63, 3.8) is 0 Å². The van der Waals surface area contributed by atoms with Crippen molar-refractivity contribution in [2.75, 3.05) is 48.2 Å². The van der Waals surface area contributed by atoms with Crippen molar-refractivity contribution >= 4 is 40.8 Å². The fourth-order valence-corrected chi connectivity index (χ4v) is 6.35. The Morgan fingerprint density at radius 1 is 1.16 bits per heavy atom. The Bertz CT molecular complexity index is 1630. The van der Waals surface area contributed by atoms with E-state index >= 15 is 0 Å².